The van der Waals surface area contributed by atoms with Crippen LogP contribution < -0.4 is 4.90 Å². The molecule has 244 valence electrons. The SMILES string of the molecule is Cc1ccc(N(c2ccc(C)cc2)c2sc(-c3ncc(N=C4C(=O)C(=O)C5CC6CCCCC6CC45)c4nsnc34)c3ccccc23)cc1. The number of anilines is 3. The molecule has 3 aliphatic rings. The Balaban J connectivity index is 1.16. The zero-order chi connectivity index (χ0) is 33.2. The molecule has 7 nitrogen and oxygen atoms in total. The second kappa shape index (κ2) is 12.1. The van der Waals surface area contributed by atoms with Gasteiger partial charge in [-0.2, -0.15) is 8.75 Å². The van der Waals surface area contributed by atoms with Gasteiger partial charge in [0.1, 0.15) is 27.4 Å². The van der Waals surface area contributed by atoms with Crippen molar-refractivity contribution in [2.75, 3.05) is 4.90 Å². The Hall–Kier alpha value is -4.60. The molecule has 0 spiro atoms. The molecule has 3 aromatic carbocycles. The van der Waals surface area contributed by atoms with Crippen molar-refractivity contribution in [3.05, 3.63) is 90.1 Å². The van der Waals surface area contributed by atoms with Crippen LogP contribution in [-0.4, -0.2) is 31.0 Å². The molecule has 0 bridgehead atoms. The van der Waals surface area contributed by atoms with E-state index in [1.54, 1.807) is 17.5 Å². The number of hydrogen-bond donors (Lipinski definition) is 0. The highest BCUT2D eigenvalue weighted by molar-refractivity contribution is 7.21. The first kappa shape index (κ1) is 30.5. The number of aromatic nitrogens is 3. The van der Waals surface area contributed by atoms with Gasteiger partial charge in [-0.3, -0.25) is 14.6 Å². The van der Waals surface area contributed by atoms with Crippen LogP contribution in [0, 0.1) is 37.5 Å². The summed E-state index contributed by atoms with van der Waals surface area (Å²) in [6, 6.07) is 25.7. The molecule has 0 aliphatic heterocycles. The molecule has 0 amide bonds. The molecule has 9 rings (SSSR count). The number of ketones is 2. The Morgan fingerprint density at radius 2 is 1.37 bits per heavy atom. The van der Waals surface area contributed by atoms with Crippen LogP contribution in [-0.2, 0) is 9.59 Å². The highest BCUT2D eigenvalue weighted by atomic mass is 32.1. The molecule has 4 unspecified atom stereocenters. The van der Waals surface area contributed by atoms with Crippen molar-refractivity contribution in [1.29, 1.82) is 0 Å². The third-order valence-corrected chi connectivity index (χ3v) is 12.7. The molecular formula is C40H35N5O2S2. The second-order valence-corrected chi connectivity index (χ2v) is 15.4. The van der Waals surface area contributed by atoms with E-state index < -0.39 is 5.78 Å². The van der Waals surface area contributed by atoms with Gasteiger partial charge >= 0.3 is 0 Å². The summed E-state index contributed by atoms with van der Waals surface area (Å²) in [5.74, 6) is 0.104. The maximum Gasteiger partial charge on any atom is 0.243 e. The lowest BCUT2D eigenvalue weighted by molar-refractivity contribution is -0.135. The Morgan fingerprint density at radius 3 is 2.04 bits per heavy atom. The van der Waals surface area contributed by atoms with Crippen molar-refractivity contribution < 1.29 is 9.59 Å². The lowest BCUT2D eigenvalue weighted by atomic mass is 9.64. The second-order valence-electron chi connectivity index (χ2n) is 13.9. The van der Waals surface area contributed by atoms with E-state index in [2.05, 4.69) is 95.9 Å². The minimum atomic E-state index is -0.421. The Morgan fingerprint density at radius 1 is 0.755 bits per heavy atom. The van der Waals surface area contributed by atoms with Gasteiger partial charge < -0.3 is 4.90 Å². The summed E-state index contributed by atoms with van der Waals surface area (Å²) in [5.41, 5.74) is 7.48. The van der Waals surface area contributed by atoms with Gasteiger partial charge in [0.15, 0.2) is 0 Å². The predicted molar refractivity (Wildman–Crippen MR) is 199 cm³/mol. The summed E-state index contributed by atoms with van der Waals surface area (Å²) in [5, 5.41) is 3.28. The zero-order valence-corrected chi connectivity index (χ0v) is 29.1. The minimum Gasteiger partial charge on any atom is -0.301 e. The molecule has 9 heteroatoms. The smallest absolute Gasteiger partial charge is 0.243 e. The first-order chi connectivity index (χ1) is 23.9. The quantitative estimate of drug-likeness (QED) is 0.168. The molecule has 3 fully saturated rings. The van der Waals surface area contributed by atoms with E-state index in [4.69, 9.17) is 14.3 Å². The van der Waals surface area contributed by atoms with Crippen LogP contribution in [0.4, 0.5) is 22.1 Å². The molecule has 49 heavy (non-hydrogen) atoms. The van der Waals surface area contributed by atoms with Gasteiger partial charge in [0.05, 0.1) is 28.5 Å². The van der Waals surface area contributed by atoms with Crippen LogP contribution in [0.15, 0.2) is 84.0 Å². The number of carbonyl (C=O) groups is 2. The molecule has 0 radical (unpaired) electrons. The van der Waals surface area contributed by atoms with Gasteiger partial charge in [-0.15, -0.1) is 11.3 Å². The lowest BCUT2D eigenvalue weighted by Gasteiger charge is -2.40. The molecule has 3 saturated carbocycles. The average Bonchev–Trinajstić information content (AvgIpc) is 3.83. The molecule has 6 aromatic rings. The van der Waals surface area contributed by atoms with Crippen LogP contribution in [0.1, 0.15) is 49.7 Å². The third-order valence-electron chi connectivity index (χ3n) is 10.9. The van der Waals surface area contributed by atoms with Gasteiger partial charge in [-0.25, -0.2) is 4.99 Å². The lowest BCUT2D eigenvalue weighted by Crippen LogP contribution is -2.35. The maximum absolute atomic E-state index is 13.4. The van der Waals surface area contributed by atoms with Crippen LogP contribution in [0.5, 0.6) is 0 Å². The van der Waals surface area contributed by atoms with E-state index in [0.29, 0.717) is 34.3 Å². The number of thiophene rings is 1. The summed E-state index contributed by atoms with van der Waals surface area (Å²) >= 11 is 2.80. The van der Waals surface area contributed by atoms with Crippen LogP contribution in [0.25, 0.3) is 32.4 Å². The largest absolute Gasteiger partial charge is 0.301 e. The predicted octanol–water partition coefficient (Wildman–Crippen LogP) is 10.1. The summed E-state index contributed by atoms with van der Waals surface area (Å²) in [4.78, 5) is 39.8. The Kier molecular flexibility index (Phi) is 7.50. The number of carbonyl (C=O) groups excluding carboxylic acids is 2. The Labute approximate surface area is 293 Å². The molecule has 0 saturated heterocycles. The molecule has 3 aromatic heterocycles. The van der Waals surface area contributed by atoms with Crippen molar-refractivity contribution in [1.82, 2.24) is 13.7 Å². The first-order valence-electron chi connectivity index (χ1n) is 17.2. The van der Waals surface area contributed by atoms with E-state index in [9.17, 15) is 9.59 Å². The fraction of sp³-hybridized carbons (Fsp3) is 0.300. The zero-order valence-electron chi connectivity index (χ0n) is 27.4. The molecule has 3 heterocycles. The summed E-state index contributed by atoms with van der Waals surface area (Å²) in [7, 11) is 0. The monoisotopic (exact) mass is 681 g/mol. The number of pyridine rings is 1. The van der Waals surface area contributed by atoms with E-state index in [1.807, 2.05) is 0 Å². The van der Waals surface area contributed by atoms with Crippen LogP contribution in [0.2, 0.25) is 0 Å². The molecule has 0 N–H and O–H groups in total. The number of rotatable bonds is 5. The van der Waals surface area contributed by atoms with Gasteiger partial charge in [0.2, 0.25) is 11.6 Å². The van der Waals surface area contributed by atoms with E-state index in [-0.39, 0.29) is 17.6 Å². The van der Waals surface area contributed by atoms with Crippen molar-refractivity contribution in [2.24, 2.45) is 28.7 Å². The number of nitrogens with zero attached hydrogens (tertiary/aromatic N) is 5. The van der Waals surface area contributed by atoms with Crippen LogP contribution >= 0.6 is 23.1 Å². The first-order valence-corrected chi connectivity index (χ1v) is 18.7. The molecule has 4 atom stereocenters. The summed E-state index contributed by atoms with van der Waals surface area (Å²) in [6.07, 6.45) is 8.22. The highest BCUT2D eigenvalue weighted by Crippen LogP contribution is 2.51. The van der Waals surface area contributed by atoms with Gasteiger partial charge in [0.25, 0.3) is 0 Å². The van der Waals surface area contributed by atoms with Crippen molar-refractivity contribution in [3.63, 3.8) is 0 Å². The van der Waals surface area contributed by atoms with E-state index >= 15 is 0 Å². The number of benzene rings is 3. The Bertz CT molecular complexity index is 2240. The fourth-order valence-corrected chi connectivity index (χ4v) is 10.3. The van der Waals surface area contributed by atoms with E-state index in [0.717, 1.165) is 62.3 Å². The fourth-order valence-electron chi connectivity index (χ4n) is 8.40. The average molecular weight is 682 g/mol. The maximum atomic E-state index is 13.4. The summed E-state index contributed by atoms with van der Waals surface area (Å²) < 4.78 is 9.41. The van der Waals surface area contributed by atoms with Crippen molar-refractivity contribution in [3.8, 4) is 10.6 Å². The van der Waals surface area contributed by atoms with Crippen LogP contribution in [0.3, 0.4) is 0 Å². The number of Topliss-reactive ketones (excluding diaryl/α,β-unsaturated/α-hetero) is 2. The number of fused-ring (bicyclic) bond motifs is 4. The number of hydrogen-bond acceptors (Lipinski definition) is 9. The minimum absolute atomic E-state index is 0.112. The topological polar surface area (TPSA) is 88.4 Å². The van der Waals surface area contributed by atoms with Gasteiger partial charge in [-0.05, 0) is 62.8 Å². The highest BCUT2D eigenvalue weighted by Gasteiger charge is 2.52. The summed E-state index contributed by atoms with van der Waals surface area (Å²) in [6.45, 7) is 4.21. The number of aryl methyl sites for hydroxylation is 2. The van der Waals surface area contributed by atoms with Crippen molar-refractivity contribution in [2.45, 2.75) is 52.4 Å². The normalized spacial score (nSPS) is 22.9. The number of aliphatic imine (C=N–C) groups is 1. The van der Waals surface area contributed by atoms with E-state index in [1.165, 1.54) is 36.8 Å². The van der Waals surface area contributed by atoms with Crippen molar-refractivity contribution >= 4 is 84.2 Å². The standard InChI is InChI=1S/C40H35N5O2S2/c1-22-11-15-26(16-12-22)45(27-17-13-23(2)14-18-27)40-29-10-6-5-9-28(29)39(48-40)36-35-34(43-49-44-35)32(21-41-36)42-33-30-19-24-7-3-4-8-25(24)20-31(30)37(46)38(33)47/h5-6,9-18,21,24-25,30-31H,3-4,7-8,19-20H2,1-2H3. The van der Waals surface area contributed by atoms with Gasteiger partial charge in [-0.1, -0.05) is 85.3 Å². The molecular weight excluding hydrogens is 647 g/mol. The third kappa shape index (κ3) is 5.13. The van der Waals surface area contributed by atoms with Gasteiger partial charge in [0, 0.05) is 34.0 Å². The molecule has 3 aliphatic carbocycles.